The van der Waals surface area contributed by atoms with Crippen LogP contribution in [0.2, 0.25) is 0 Å². The van der Waals surface area contributed by atoms with Crippen LogP contribution < -0.4 is 10.6 Å². The first kappa shape index (κ1) is 16.8. The summed E-state index contributed by atoms with van der Waals surface area (Å²) in [5.74, 6) is 0.634. The fourth-order valence-corrected chi connectivity index (χ4v) is 2.98. The molecule has 0 radical (unpaired) electrons. The molecular formula is C16H28N4O2. The molecule has 2 rings (SSSR count). The van der Waals surface area contributed by atoms with Crippen LogP contribution in [-0.2, 0) is 0 Å². The number of carbonyl (C=O) groups excluding carboxylic acids is 1. The van der Waals surface area contributed by atoms with Crippen molar-refractivity contribution in [2.24, 2.45) is 0 Å². The molecule has 22 heavy (non-hydrogen) atoms. The summed E-state index contributed by atoms with van der Waals surface area (Å²) >= 11 is 0. The summed E-state index contributed by atoms with van der Waals surface area (Å²) in [5, 5.41) is 9.66. The molecule has 1 aliphatic heterocycles. The Morgan fingerprint density at radius 3 is 2.91 bits per heavy atom. The van der Waals surface area contributed by atoms with E-state index < -0.39 is 0 Å². The lowest BCUT2D eigenvalue weighted by Crippen LogP contribution is -2.47. The molecule has 2 heterocycles. The molecule has 0 bridgehead atoms. The molecule has 0 saturated carbocycles. The van der Waals surface area contributed by atoms with E-state index in [0.29, 0.717) is 29.7 Å². The second-order valence-corrected chi connectivity index (χ2v) is 6.07. The van der Waals surface area contributed by atoms with Gasteiger partial charge < -0.3 is 15.2 Å². The number of rotatable bonds is 6. The van der Waals surface area contributed by atoms with E-state index in [4.69, 9.17) is 4.52 Å². The van der Waals surface area contributed by atoms with Crippen molar-refractivity contribution in [3.8, 4) is 0 Å². The Morgan fingerprint density at radius 1 is 1.41 bits per heavy atom. The van der Waals surface area contributed by atoms with Crippen molar-refractivity contribution in [3.63, 3.8) is 0 Å². The van der Waals surface area contributed by atoms with Gasteiger partial charge in [0.25, 0.3) is 0 Å². The third kappa shape index (κ3) is 4.47. The largest absolute Gasteiger partial charge is 0.359 e. The molecule has 1 atom stereocenters. The number of anilines is 1. The maximum absolute atomic E-state index is 12.1. The van der Waals surface area contributed by atoms with Gasteiger partial charge in [-0.1, -0.05) is 24.9 Å². The number of amides is 2. The summed E-state index contributed by atoms with van der Waals surface area (Å²) in [5.41, 5.74) is 1.37. The lowest BCUT2D eigenvalue weighted by molar-refractivity contribution is 0.145. The Hall–Kier alpha value is -1.56. The zero-order valence-corrected chi connectivity index (χ0v) is 13.9. The van der Waals surface area contributed by atoms with Crippen LogP contribution in [0.3, 0.4) is 0 Å². The van der Waals surface area contributed by atoms with Crippen LogP contribution in [-0.4, -0.2) is 41.8 Å². The monoisotopic (exact) mass is 308 g/mol. The number of unbranched alkanes of at least 4 members (excludes halogenated alkanes) is 1. The number of hydrogen-bond acceptors (Lipinski definition) is 4. The van der Waals surface area contributed by atoms with Gasteiger partial charge in [0.05, 0.1) is 0 Å². The summed E-state index contributed by atoms with van der Waals surface area (Å²) in [7, 11) is 0. The average molecular weight is 308 g/mol. The number of hydrogen-bond donors (Lipinski definition) is 2. The van der Waals surface area contributed by atoms with E-state index in [9.17, 15) is 4.79 Å². The summed E-state index contributed by atoms with van der Waals surface area (Å²) in [6, 6.07) is 0.270. The fourth-order valence-electron chi connectivity index (χ4n) is 2.98. The van der Waals surface area contributed by atoms with Crippen molar-refractivity contribution in [2.45, 2.75) is 58.9 Å². The molecule has 1 aromatic rings. The van der Waals surface area contributed by atoms with Crippen molar-refractivity contribution in [1.82, 2.24) is 15.4 Å². The summed E-state index contributed by atoms with van der Waals surface area (Å²) in [4.78, 5) is 14.6. The van der Waals surface area contributed by atoms with Crippen LogP contribution in [0.25, 0.3) is 0 Å². The number of carbonyl (C=O) groups is 1. The standard InChI is InChI=1S/C16H28N4O2/c1-4-5-9-20-10-7-6-8-14(20)11-17-16(21)18-15-12(2)19-22-13(15)3/h14H,4-11H2,1-3H3,(H2,17,18,21)/t14-/m0/s1. The third-order valence-corrected chi connectivity index (χ3v) is 4.32. The molecule has 1 saturated heterocycles. The lowest BCUT2D eigenvalue weighted by Gasteiger charge is -2.35. The Morgan fingerprint density at radius 2 is 2.23 bits per heavy atom. The predicted molar refractivity (Wildman–Crippen MR) is 87.1 cm³/mol. The number of piperidine rings is 1. The van der Waals surface area contributed by atoms with E-state index >= 15 is 0 Å². The molecule has 0 aliphatic carbocycles. The Labute approximate surface area is 132 Å². The lowest BCUT2D eigenvalue weighted by atomic mass is 10.0. The number of nitrogens with zero attached hydrogens (tertiary/aromatic N) is 2. The van der Waals surface area contributed by atoms with Crippen molar-refractivity contribution >= 4 is 11.7 Å². The van der Waals surface area contributed by atoms with Gasteiger partial charge in [0, 0.05) is 12.6 Å². The molecule has 2 amide bonds. The van der Waals surface area contributed by atoms with Gasteiger partial charge in [-0.25, -0.2) is 4.79 Å². The number of urea groups is 1. The highest BCUT2D eigenvalue weighted by Crippen LogP contribution is 2.19. The summed E-state index contributed by atoms with van der Waals surface area (Å²) in [6.07, 6.45) is 6.12. The van der Waals surface area contributed by atoms with Gasteiger partial charge in [-0.05, 0) is 46.2 Å². The normalized spacial score (nSPS) is 19.1. The summed E-state index contributed by atoms with van der Waals surface area (Å²) in [6.45, 7) is 8.81. The quantitative estimate of drug-likeness (QED) is 0.847. The van der Waals surface area contributed by atoms with Gasteiger partial charge in [-0.2, -0.15) is 0 Å². The Balaban J connectivity index is 1.81. The maximum atomic E-state index is 12.1. The minimum atomic E-state index is -0.185. The zero-order valence-electron chi connectivity index (χ0n) is 13.9. The van der Waals surface area contributed by atoms with E-state index in [1.165, 1.54) is 25.7 Å². The highest BCUT2D eigenvalue weighted by molar-refractivity contribution is 5.90. The Kier molecular flexibility index (Phi) is 6.24. The average Bonchev–Trinajstić information content (AvgIpc) is 2.83. The maximum Gasteiger partial charge on any atom is 0.319 e. The SMILES string of the molecule is CCCCN1CCCC[C@H]1CNC(=O)Nc1c(C)noc1C. The molecule has 6 heteroatoms. The first-order chi connectivity index (χ1) is 10.6. The highest BCUT2D eigenvalue weighted by Gasteiger charge is 2.22. The molecule has 0 aromatic carbocycles. The molecule has 1 aromatic heterocycles. The number of nitrogens with one attached hydrogen (secondary N) is 2. The number of aryl methyl sites for hydroxylation is 2. The van der Waals surface area contributed by atoms with Crippen LogP contribution in [0, 0.1) is 13.8 Å². The van der Waals surface area contributed by atoms with Gasteiger partial charge >= 0.3 is 6.03 Å². The molecule has 1 aliphatic rings. The second-order valence-electron chi connectivity index (χ2n) is 6.07. The second kappa shape index (κ2) is 8.17. The predicted octanol–water partition coefficient (Wildman–Crippen LogP) is 3.07. The zero-order chi connectivity index (χ0) is 15.9. The van der Waals surface area contributed by atoms with Crippen LogP contribution in [0.1, 0.15) is 50.5 Å². The number of likely N-dealkylation sites (tertiary alicyclic amines) is 1. The highest BCUT2D eigenvalue weighted by atomic mass is 16.5. The first-order valence-corrected chi connectivity index (χ1v) is 8.33. The topological polar surface area (TPSA) is 70.4 Å². The fraction of sp³-hybridized carbons (Fsp3) is 0.750. The van der Waals surface area contributed by atoms with Gasteiger partial charge in [-0.3, -0.25) is 4.90 Å². The van der Waals surface area contributed by atoms with Crippen molar-refractivity contribution in [1.29, 1.82) is 0 Å². The van der Waals surface area contributed by atoms with Crippen LogP contribution in [0.4, 0.5) is 10.5 Å². The van der Waals surface area contributed by atoms with Crippen LogP contribution in [0.5, 0.6) is 0 Å². The van der Waals surface area contributed by atoms with Crippen LogP contribution >= 0.6 is 0 Å². The first-order valence-electron chi connectivity index (χ1n) is 8.33. The summed E-state index contributed by atoms with van der Waals surface area (Å²) < 4.78 is 5.05. The molecule has 1 fully saturated rings. The van der Waals surface area contributed by atoms with Crippen molar-refractivity contribution < 1.29 is 9.32 Å². The number of aromatic nitrogens is 1. The molecule has 2 N–H and O–H groups in total. The third-order valence-electron chi connectivity index (χ3n) is 4.32. The Bertz CT molecular complexity index is 467. The van der Waals surface area contributed by atoms with E-state index in [-0.39, 0.29) is 6.03 Å². The minimum absolute atomic E-state index is 0.185. The van der Waals surface area contributed by atoms with Gasteiger partial charge in [0.2, 0.25) is 0 Å². The molecule has 6 nitrogen and oxygen atoms in total. The van der Waals surface area contributed by atoms with Gasteiger partial charge in [-0.15, -0.1) is 0 Å². The van der Waals surface area contributed by atoms with E-state index in [0.717, 1.165) is 19.5 Å². The van der Waals surface area contributed by atoms with Crippen molar-refractivity contribution in [2.75, 3.05) is 25.0 Å². The molecule has 124 valence electrons. The van der Waals surface area contributed by atoms with E-state index in [1.807, 2.05) is 6.92 Å². The molecule has 0 spiro atoms. The smallest absolute Gasteiger partial charge is 0.319 e. The molecular weight excluding hydrogens is 280 g/mol. The molecule has 0 unspecified atom stereocenters. The van der Waals surface area contributed by atoms with Gasteiger partial charge in [0.15, 0.2) is 5.76 Å². The van der Waals surface area contributed by atoms with Crippen molar-refractivity contribution in [3.05, 3.63) is 11.5 Å². The van der Waals surface area contributed by atoms with E-state index in [2.05, 4.69) is 27.6 Å². The minimum Gasteiger partial charge on any atom is -0.359 e. The van der Waals surface area contributed by atoms with Gasteiger partial charge in [0.1, 0.15) is 11.4 Å². The van der Waals surface area contributed by atoms with Crippen LogP contribution in [0.15, 0.2) is 4.52 Å². The van der Waals surface area contributed by atoms with E-state index in [1.54, 1.807) is 6.92 Å².